The molecule has 0 saturated heterocycles. The Morgan fingerprint density at radius 1 is 1.21 bits per heavy atom. The maximum Gasteiger partial charge on any atom is 0.344 e. The number of fused-ring (bicyclic) bond motifs is 1. The summed E-state index contributed by atoms with van der Waals surface area (Å²) < 4.78 is 11.7. The summed E-state index contributed by atoms with van der Waals surface area (Å²) in [7, 11) is 0. The van der Waals surface area contributed by atoms with Crippen LogP contribution >= 0.6 is 0 Å². The second-order valence-electron chi connectivity index (χ2n) is 8.05. The molecule has 2 aromatic heterocycles. The average Bonchev–Trinajstić information content (AvgIpc) is 3.65. The summed E-state index contributed by atoms with van der Waals surface area (Å²) in [6.45, 7) is 3.99. The van der Waals surface area contributed by atoms with Gasteiger partial charge in [0.25, 0.3) is 11.5 Å². The third-order valence-corrected chi connectivity index (χ3v) is 5.41. The standard InChI is InChI=1S/C24H26N4O6/c1-3-10-28-21-20(23(31)27-24(28)32)17(12-18(26-21)14-8-9-14)22(30)25-15-6-5-7-16(11-15)34-13-19(29)33-4-2/h5-7,11-12,14H,3-4,8-10,13H2,1-2H3,(H,25,30)(H,27,31,32). The minimum absolute atomic E-state index is 0.0738. The van der Waals surface area contributed by atoms with Crippen LogP contribution in [0.1, 0.15) is 55.1 Å². The summed E-state index contributed by atoms with van der Waals surface area (Å²) in [4.78, 5) is 56.9. The van der Waals surface area contributed by atoms with E-state index in [2.05, 4.69) is 15.3 Å². The number of benzene rings is 1. The van der Waals surface area contributed by atoms with E-state index in [9.17, 15) is 19.2 Å². The largest absolute Gasteiger partial charge is 0.482 e. The van der Waals surface area contributed by atoms with Gasteiger partial charge in [0, 0.05) is 29.9 Å². The number of H-pyrrole nitrogens is 1. The Morgan fingerprint density at radius 2 is 2.00 bits per heavy atom. The second kappa shape index (κ2) is 9.90. The summed E-state index contributed by atoms with van der Waals surface area (Å²) in [6.07, 6.45) is 2.55. The summed E-state index contributed by atoms with van der Waals surface area (Å²) in [5.41, 5.74) is 0.283. The maximum absolute atomic E-state index is 13.3. The lowest BCUT2D eigenvalue weighted by molar-refractivity contribution is -0.145. The van der Waals surface area contributed by atoms with Crippen molar-refractivity contribution in [2.24, 2.45) is 0 Å². The van der Waals surface area contributed by atoms with Gasteiger partial charge in [-0.05, 0) is 44.4 Å². The van der Waals surface area contributed by atoms with Crippen LogP contribution in [0, 0.1) is 0 Å². The van der Waals surface area contributed by atoms with E-state index in [1.54, 1.807) is 37.3 Å². The van der Waals surface area contributed by atoms with E-state index >= 15 is 0 Å². The minimum atomic E-state index is -0.654. The fourth-order valence-corrected chi connectivity index (χ4v) is 3.70. The van der Waals surface area contributed by atoms with E-state index in [-0.39, 0.29) is 35.7 Å². The zero-order chi connectivity index (χ0) is 24.2. The van der Waals surface area contributed by atoms with Crippen LogP contribution in [0.25, 0.3) is 11.0 Å². The number of aromatic nitrogens is 3. The first kappa shape index (κ1) is 23.2. The van der Waals surface area contributed by atoms with Crippen molar-refractivity contribution >= 4 is 28.6 Å². The predicted octanol–water partition coefficient (Wildman–Crippen LogP) is 2.57. The topological polar surface area (TPSA) is 132 Å². The minimum Gasteiger partial charge on any atom is -0.482 e. The number of pyridine rings is 1. The van der Waals surface area contributed by atoms with Crippen molar-refractivity contribution in [2.75, 3.05) is 18.5 Å². The van der Waals surface area contributed by atoms with E-state index in [1.165, 1.54) is 4.57 Å². The van der Waals surface area contributed by atoms with Gasteiger partial charge in [0.1, 0.15) is 5.75 Å². The Labute approximate surface area is 194 Å². The number of rotatable bonds is 9. The first-order chi connectivity index (χ1) is 16.4. The van der Waals surface area contributed by atoms with Crippen LogP contribution in [0.15, 0.2) is 39.9 Å². The zero-order valence-corrected chi connectivity index (χ0v) is 19.1. The Hall–Kier alpha value is -3.95. The number of nitrogens with zero attached hydrogens (tertiary/aromatic N) is 2. The van der Waals surface area contributed by atoms with Crippen molar-refractivity contribution in [1.82, 2.24) is 14.5 Å². The molecule has 10 heteroatoms. The number of carbonyl (C=O) groups is 2. The molecule has 1 aromatic carbocycles. The fraction of sp³-hybridized carbons (Fsp3) is 0.375. The molecule has 0 aliphatic heterocycles. The molecule has 0 bridgehead atoms. The molecule has 2 heterocycles. The third kappa shape index (κ3) is 5.00. The number of anilines is 1. The number of hydrogen-bond donors (Lipinski definition) is 2. The van der Waals surface area contributed by atoms with Crippen molar-refractivity contribution in [2.45, 2.75) is 45.6 Å². The van der Waals surface area contributed by atoms with Gasteiger partial charge < -0.3 is 14.8 Å². The number of aryl methyl sites for hydroxylation is 1. The molecule has 2 N–H and O–H groups in total. The van der Waals surface area contributed by atoms with E-state index in [1.807, 2.05) is 6.92 Å². The molecule has 1 aliphatic rings. The van der Waals surface area contributed by atoms with Crippen LogP contribution < -0.4 is 21.3 Å². The third-order valence-electron chi connectivity index (χ3n) is 5.41. The van der Waals surface area contributed by atoms with Crippen LogP contribution in [0.2, 0.25) is 0 Å². The molecule has 178 valence electrons. The van der Waals surface area contributed by atoms with Gasteiger partial charge in [0.2, 0.25) is 0 Å². The Morgan fingerprint density at radius 3 is 2.71 bits per heavy atom. The molecule has 1 amide bonds. The Kier molecular flexibility index (Phi) is 6.76. The van der Waals surface area contributed by atoms with Crippen LogP contribution in [0.5, 0.6) is 5.75 Å². The molecule has 0 radical (unpaired) electrons. The molecule has 1 fully saturated rings. The van der Waals surface area contributed by atoms with Crippen molar-refractivity contribution < 1.29 is 19.1 Å². The van der Waals surface area contributed by atoms with Crippen molar-refractivity contribution in [3.63, 3.8) is 0 Å². The van der Waals surface area contributed by atoms with Crippen molar-refractivity contribution in [3.05, 3.63) is 62.4 Å². The molecule has 1 saturated carbocycles. The molecule has 1 aliphatic carbocycles. The highest BCUT2D eigenvalue weighted by Crippen LogP contribution is 2.40. The number of aromatic amines is 1. The molecule has 0 atom stereocenters. The van der Waals surface area contributed by atoms with Crippen LogP contribution in [0.3, 0.4) is 0 Å². The molecule has 0 unspecified atom stereocenters. The Balaban J connectivity index is 1.68. The van der Waals surface area contributed by atoms with Gasteiger partial charge in [-0.1, -0.05) is 13.0 Å². The molecular formula is C24H26N4O6. The monoisotopic (exact) mass is 466 g/mol. The second-order valence-corrected chi connectivity index (χ2v) is 8.05. The maximum atomic E-state index is 13.3. The fourth-order valence-electron chi connectivity index (χ4n) is 3.70. The molecule has 34 heavy (non-hydrogen) atoms. The van der Waals surface area contributed by atoms with Gasteiger partial charge in [0.15, 0.2) is 12.3 Å². The predicted molar refractivity (Wildman–Crippen MR) is 125 cm³/mol. The van der Waals surface area contributed by atoms with E-state index in [0.29, 0.717) is 30.1 Å². The molecule has 4 rings (SSSR count). The number of esters is 1. The van der Waals surface area contributed by atoms with Gasteiger partial charge >= 0.3 is 11.7 Å². The normalized spacial score (nSPS) is 13.0. The average molecular weight is 466 g/mol. The van der Waals surface area contributed by atoms with Gasteiger partial charge in [-0.25, -0.2) is 14.6 Å². The van der Waals surface area contributed by atoms with Crippen LogP contribution in [-0.4, -0.2) is 39.6 Å². The number of carbonyl (C=O) groups excluding carboxylic acids is 2. The van der Waals surface area contributed by atoms with Gasteiger partial charge in [-0.15, -0.1) is 0 Å². The molecule has 3 aromatic rings. The summed E-state index contributed by atoms with van der Waals surface area (Å²) in [6, 6.07) is 8.18. The number of nitrogens with one attached hydrogen (secondary N) is 2. The molecule has 10 nitrogen and oxygen atoms in total. The lowest BCUT2D eigenvalue weighted by Crippen LogP contribution is -2.32. The van der Waals surface area contributed by atoms with E-state index in [0.717, 1.165) is 12.8 Å². The van der Waals surface area contributed by atoms with E-state index < -0.39 is 23.1 Å². The number of ether oxygens (including phenoxy) is 2. The number of hydrogen-bond acceptors (Lipinski definition) is 7. The molecular weight excluding hydrogens is 440 g/mol. The summed E-state index contributed by atoms with van der Waals surface area (Å²) in [5, 5.41) is 2.85. The first-order valence-corrected chi connectivity index (χ1v) is 11.3. The Bertz CT molecular complexity index is 1360. The highest BCUT2D eigenvalue weighted by molar-refractivity contribution is 6.12. The van der Waals surface area contributed by atoms with Crippen LogP contribution in [0.4, 0.5) is 5.69 Å². The zero-order valence-electron chi connectivity index (χ0n) is 19.1. The lowest BCUT2D eigenvalue weighted by Gasteiger charge is -2.13. The number of amides is 1. The van der Waals surface area contributed by atoms with Crippen molar-refractivity contribution in [3.8, 4) is 5.75 Å². The summed E-state index contributed by atoms with van der Waals surface area (Å²) >= 11 is 0. The van der Waals surface area contributed by atoms with Gasteiger partial charge in [-0.2, -0.15) is 0 Å². The lowest BCUT2D eigenvalue weighted by atomic mass is 10.1. The van der Waals surface area contributed by atoms with Gasteiger partial charge in [0.05, 0.1) is 17.6 Å². The smallest absolute Gasteiger partial charge is 0.344 e. The highest BCUT2D eigenvalue weighted by Gasteiger charge is 2.28. The van der Waals surface area contributed by atoms with Crippen LogP contribution in [-0.2, 0) is 16.1 Å². The van der Waals surface area contributed by atoms with E-state index in [4.69, 9.17) is 9.47 Å². The quantitative estimate of drug-likeness (QED) is 0.463. The highest BCUT2D eigenvalue weighted by atomic mass is 16.6. The van der Waals surface area contributed by atoms with Crippen molar-refractivity contribution in [1.29, 1.82) is 0 Å². The summed E-state index contributed by atoms with van der Waals surface area (Å²) in [5.74, 6) is -0.423. The van der Waals surface area contributed by atoms with Gasteiger partial charge in [-0.3, -0.25) is 19.1 Å². The SMILES string of the molecule is CCCn1c(=O)[nH]c(=O)c2c(C(=O)Nc3cccc(OCC(=O)OCC)c3)cc(C3CC3)nc21. The first-order valence-electron chi connectivity index (χ1n) is 11.3. The molecule has 0 spiro atoms.